The van der Waals surface area contributed by atoms with Crippen molar-refractivity contribution in [3.05, 3.63) is 46.8 Å². The Kier molecular flexibility index (Phi) is 3.97. The van der Waals surface area contributed by atoms with Crippen molar-refractivity contribution in [1.82, 2.24) is 15.2 Å². The third-order valence-corrected chi connectivity index (χ3v) is 5.05. The summed E-state index contributed by atoms with van der Waals surface area (Å²) in [5, 5.41) is 11.6. The largest absolute Gasteiger partial charge is 0.355 e. The normalized spacial score (nSPS) is 14.4. The predicted molar refractivity (Wildman–Crippen MR) is 95.0 cm³/mol. The van der Waals surface area contributed by atoms with E-state index in [0.717, 1.165) is 35.0 Å². The van der Waals surface area contributed by atoms with E-state index < -0.39 is 0 Å². The van der Waals surface area contributed by atoms with E-state index >= 15 is 0 Å². The highest BCUT2D eigenvalue weighted by atomic mass is 35.5. The first-order valence-electron chi connectivity index (χ1n) is 7.61. The van der Waals surface area contributed by atoms with Gasteiger partial charge in [-0.2, -0.15) is 0 Å². The minimum absolute atomic E-state index is 0.694. The monoisotopic (exact) mass is 342 g/mol. The van der Waals surface area contributed by atoms with Gasteiger partial charge in [0.15, 0.2) is 11.6 Å². The standard InChI is InChI=1S/C17H15ClN4S/c18-13-7-5-12(6-8-13)15-17(22-9-1-2-10-22)19-16(21-20-15)14-4-3-11-23-14/h3-8,11H,1-2,9-10H2. The third-order valence-electron chi connectivity index (χ3n) is 3.93. The average molecular weight is 343 g/mol. The first-order chi connectivity index (χ1) is 11.3. The van der Waals surface area contributed by atoms with Gasteiger partial charge in [0, 0.05) is 23.7 Å². The van der Waals surface area contributed by atoms with Gasteiger partial charge in [0.05, 0.1) is 4.88 Å². The maximum absolute atomic E-state index is 6.00. The van der Waals surface area contributed by atoms with Crippen molar-refractivity contribution in [3.63, 3.8) is 0 Å². The average Bonchev–Trinajstić information content (AvgIpc) is 3.29. The summed E-state index contributed by atoms with van der Waals surface area (Å²) < 4.78 is 0. The van der Waals surface area contributed by atoms with Crippen molar-refractivity contribution < 1.29 is 0 Å². The van der Waals surface area contributed by atoms with Gasteiger partial charge < -0.3 is 4.90 Å². The summed E-state index contributed by atoms with van der Waals surface area (Å²) in [4.78, 5) is 8.17. The molecule has 3 heterocycles. The molecule has 0 spiro atoms. The number of aromatic nitrogens is 3. The zero-order valence-electron chi connectivity index (χ0n) is 12.4. The van der Waals surface area contributed by atoms with Gasteiger partial charge in [0.1, 0.15) is 5.69 Å². The smallest absolute Gasteiger partial charge is 0.193 e. The lowest BCUT2D eigenvalue weighted by Crippen LogP contribution is -2.21. The van der Waals surface area contributed by atoms with Gasteiger partial charge >= 0.3 is 0 Å². The number of nitrogens with zero attached hydrogens (tertiary/aromatic N) is 4. The number of benzene rings is 1. The third kappa shape index (κ3) is 2.94. The fourth-order valence-electron chi connectivity index (χ4n) is 2.77. The molecule has 0 aliphatic carbocycles. The molecule has 0 atom stereocenters. The Morgan fingerprint density at radius 3 is 2.48 bits per heavy atom. The zero-order chi connectivity index (χ0) is 15.6. The van der Waals surface area contributed by atoms with Crippen LogP contribution in [0.4, 0.5) is 5.82 Å². The van der Waals surface area contributed by atoms with Gasteiger partial charge in [-0.1, -0.05) is 29.8 Å². The van der Waals surface area contributed by atoms with Crippen molar-refractivity contribution in [3.8, 4) is 22.0 Å². The molecule has 0 radical (unpaired) electrons. The molecule has 1 saturated heterocycles. The highest BCUT2D eigenvalue weighted by Gasteiger charge is 2.21. The molecule has 3 aromatic rings. The molecule has 116 valence electrons. The molecule has 4 rings (SSSR count). The molecule has 1 aromatic carbocycles. The minimum Gasteiger partial charge on any atom is -0.355 e. The second-order valence-electron chi connectivity index (χ2n) is 5.49. The molecule has 23 heavy (non-hydrogen) atoms. The SMILES string of the molecule is Clc1ccc(-c2nnc(-c3cccs3)nc2N2CCCC2)cc1. The number of hydrogen-bond acceptors (Lipinski definition) is 5. The van der Waals surface area contributed by atoms with Crippen LogP contribution in [0.15, 0.2) is 41.8 Å². The van der Waals surface area contributed by atoms with Crippen molar-refractivity contribution in [2.75, 3.05) is 18.0 Å². The van der Waals surface area contributed by atoms with E-state index in [4.69, 9.17) is 16.6 Å². The fraction of sp³-hybridized carbons (Fsp3) is 0.235. The van der Waals surface area contributed by atoms with Crippen LogP contribution in [-0.4, -0.2) is 28.3 Å². The van der Waals surface area contributed by atoms with Crippen LogP contribution in [0.1, 0.15) is 12.8 Å². The molecule has 4 nitrogen and oxygen atoms in total. The molecule has 0 bridgehead atoms. The van der Waals surface area contributed by atoms with E-state index in [9.17, 15) is 0 Å². The van der Waals surface area contributed by atoms with E-state index in [-0.39, 0.29) is 0 Å². The van der Waals surface area contributed by atoms with Crippen LogP contribution in [-0.2, 0) is 0 Å². The molecule has 0 N–H and O–H groups in total. The van der Waals surface area contributed by atoms with E-state index in [2.05, 4.69) is 15.1 Å². The second kappa shape index (κ2) is 6.26. The van der Waals surface area contributed by atoms with Crippen molar-refractivity contribution in [1.29, 1.82) is 0 Å². The second-order valence-corrected chi connectivity index (χ2v) is 6.87. The first kappa shape index (κ1) is 14.6. The van der Waals surface area contributed by atoms with Crippen molar-refractivity contribution in [2.24, 2.45) is 0 Å². The Balaban J connectivity index is 1.82. The van der Waals surface area contributed by atoms with E-state index in [1.807, 2.05) is 41.8 Å². The van der Waals surface area contributed by atoms with Gasteiger partial charge in [0.2, 0.25) is 0 Å². The van der Waals surface area contributed by atoms with Crippen LogP contribution in [0.3, 0.4) is 0 Å². The highest BCUT2D eigenvalue weighted by Crippen LogP contribution is 2.32. The number of halogens is 1. The van der Waals surface area contributed by atoms with Gasteiger partial charge in [-0.3, -0.25) is 0 Å². The Morgan fingerprint density at radius 2 is 1.78 bits per heavy atom. The molecule has 0 unspecified atom stereocenters. The molecular weight excluding hydrogens is 328 g/mol. The summed E-state index contributed by atoms with van der Waals surface area (Å²) in [5.74, 6) is 1.61. The van der Waals surface area contributed by atoms with Gasteiger partial charge in [-0.05, 0) is 36.4 Å². The molecular formula is C17H15ClN4S. The molecule has 0 saturated carbocycles. The fourth-order valence-corrected chi connectivity index (χ4v) is 3.55. The topological polar surface area (TPSA) is 41.9 Å². The van der Waals surface area contributed by atoms with Crippen molar-refractivity contribution in [2.45, 2.75) is 12.8 Å². The molecule has 1 aliphatic rings. The number of anilines is 1. The summed E-state index contributed by atoms with van der Waals surface area (Å²) in [6.07, 6.45) is 2.39. The zero-order valence-corrected chi connectivity index (χ0v) is 14.0. The lowest BCUT2D eigenvalue weighted by molar-refractivity contribution is 0.897. The van der Waals surface area contributed by atoms with Crippen LogP contribution < -0.4 is 4.90 Å². The van der Waals surface area contributed by atoms with E-state index in [1.165, 1.54) is 12.8 Å². The Morgan fingerprint density at radius 1 is 1.00 bits per heavy atom. The summed E-state index contributed by atoms with van der Waals surface area (Å²) in [6, 6.07) is 11.7. The van der Waals surface area contributed by atoms with Gasteiger partial charge in [0.25, 0.3) is 0 Å². The van der Waals surface area contributed by atoms with Gasteiger partial charge in [-0.25, -0.2) is 4.98 Å². The van der Waals surface area contributed by atoms with E-state index in [0.29, 0.717) is 10.8 Å². The van der Waals surface area contributed by atoms with Crippen LogP contribution >= 0.6 is 22.9 Å². The first-order valence-corrected chi connectivity index (χ1v) is 8.86. The summed E-state index contributed by atoms with van der Waals surface area (Å²) in [6.45, 7) is 2.03. The summed E-state index contributed by atoms with van der Waals surface area (Å²) >= 11 is 7.63. The predicted octanol–water partition coefficient (Wildman–Crippen LogP) is 4.52. The Bertz CT molecular complexity index is 796. The quantitative estimate of drug-likeness (QED) is 0.701. The molecule has 1 aliphatic heterocycles. The van der Waals surface area contributed by atoms with Crippen LogP contribution in [0, 0.1) is 0 Å². The van der Waals surface area contributed by atoms with Crippen LogP contribution in [0.2, 0.25) is 5.02 Å². The maximum Gasteiger partial charge on any atom is 0.193 e. The van der Waals surface area contributed by atoms with Crippen LogP contribution in [0.5, 0.6) is 0 Å². The summed E-state index contributed by atoms with van der Waals surface area (Å²) in [5.41, 5.74) is 1.82. The van der Waals surface area contributed by atoms with E-state index in [1.54, 1.807) is 11.3 Å². The lowest BCUT2D eigenvalue weighted by atomic mass is 10.1. The maximum atomic E-state index is 6.00. The highest BCUT2D eigenvalue weighted by molar-refractivity contribution is 7.13. The number of hydrogen-bond donors (Lipinski definition) is 0. The summed E-state index contributed by atoms with van der Waals surface area (Å²) in [7, 11) is 0. The Labute approximate surface area is 143 Å². The molecule has 1 fully saturated rings. The lowest BCUT2D eigenvalue weighted by Gasteiger charge is -2.19. The molecule has 2 aromatic heterocycles. The molecule has 0 amide bonds. The Hall–Kier alpha value is -1.98. The van der Waals surface area contributed by atoms with Crippen LogP contribution in [0.25, 0.3) is 22.0 Å². The molecule has 6 heteroatoms. The number of rotatable bonds is 3. The van der Waals surface area contributed by atoms with Gasteiger partial charge in [-0.15, -0.1) is 21.5 Å². The number of thiophene rings is 1. The minimum atomic E-state index is 0.694. The van der Waals surface area contributed by atoms with Crippen molar-refractivity contribution >= 4 is 28.8 Å².